The fourth-order valence-electron chi connectivity index (χ4n) is 1.49. The molecule has 15 heavy (non-hydrogen) atoms. The lowest BCUT2D eigenvalue weighted by atomic mass is 10.1. The molecule has 0 aliphatic carbocycles. The number of benzene rings is 1. The summed E-state index contributed by atoms with van der Waals surface area (Å²) in [6.45, 7) is 3.30. The molecule has 0 spiro atoms. The van der Waals surface area contributed by atoms with E-state index in [0.29, 0.717) is 17.9 Å². The second-order valence-corrected chi connectivity index (χ2v) is 3.75. The lowest BCUT2D eigenvalue weighted by molar-refractivity contribution is -0.0721. The van der Waals surface area contributed by atoms with Crippen molar-refractivity contribution in [3.63, 3.8) is 0 Å². The minimum absolute atomic E-state index is 0.200. The first kappa shape index (κ1) is 10.2. The third-order valence-electron chi connectivity index (χ3n) is 2.51. The topological polar surface area (TPSA) is 35.5 Å². The second-order valence-electron chi connectivity index (χ2n) is 3.75. The lowest BCUT2D eigenvalue weighted by Gasteiger charge is -2.26. The fraction of sp³-hybridized carbons (Fsp3) is 0.417. The van der Waals surface area contributed by atoms with Crippen LogP contribution in [0, 0.1) is 6.92 Å². The summed E-state index contributed by atoms with van der Waals surface area (Å²) in [7, 11) is 0. The highest BCUT2D eigenvalue weighted by molar-refractivity contribution is 5.79. The molecule has 1 aliphatic heterocycles. The van der Waals surface area contributed by atoms with Crippen LogP contribution in [0.1, 0.15) is 22.3 Å². The van der Waals surface area contributed by atoms with E-state index in [1.165, 1.54) is 0 Å². The van der Waals surface area contributed by atoms with Gasteiger partial charge >= 0.3 is 0 Å². The van der Waals surface area contributed by atoms with Crippen LogP contribution in [0.15, 0.2) is 18.2 Å². The van der Waals surface area contributed by atoms with Crippen molar-refractivity contribution in [3.05, 3.63) is 29.3 Å². The van der Waals surface area contributed by atoms with Crippen LogP contribution in [0.5, 0.6) is 5.75 Å². The van der Waals surface area contributed by atoms with Gasteiger partial charge in [-0.3, -0.25) is 4.79 Å². The van der Waals surface area contributed by atoms with Gasteiger partial charge in [-0.05, 0) is 19.1 Å². The highest BCUT2D eigenvalue weighted by Crippen LogP contribution is 2.20. The summed E-state index contributed by atoms with van der Waals surface area (Å²) >= 11 is 0. The monoisotopic (exact) mass is 206 g/mol. The zero-order valence-corrected chi connectivity index (χ0v) is 8.73. The van der Waals surface area contributed by atoms with E-state index in [-0.39, 0.29) is 6.10 Å². The zero-order chi connectivity index (χ0) is 10.7. The molecule has 0 radical (unpaired) electrons. The highest BCUT2D eigenvalue weighted by Gasteiger charge is 2.19. The van der Waals surface area contributed by atoms with E-state index in [2.05, 4.69) is 0 Å². The Morgan fingerprint density at radius 3 is 3.00 bits per heavy atom. The predicted molar refractivity (Wildman–Crippen MR) is 56.4 cm³/mol. The smallest absolute Gasteiger partial charge is 0.153 e. The van der Waals surface area contributed by atoms with Gasteiger partial charge in [-0.2, -0.15) is 0 Å². The molecule has 0 unspecified atom stereocenters. The Labute approximate surface area is 89.0 Å². The Kier molecular flexibility index (Phi) is 3.02. The lowest BCUT2D eigenvalue weighted by Crippen LogP contribution is -2.32. The molecule has 0 bridgehead atoms. The Balaban J connectivity index is 2.02. The van der Waals surface area contributed by atoms with Crippen LogP contribution in [-0.2, 0) is 4.74 Å². The normalized spacial score (nSPS) is 19.4. The maximum Gasteiger partial charge on any atom is 0.153 e. The van der Waals surface area contributed by atoms with Gasteiger partial charge in [-0.15, -0.1) is 0 Å². The minimum atomic E-state index is 0.200. The number of ether oxygens (including phenoxy) is 2. The average molecular weight is 206 g/mol. The summed E-state index contributed by atoms with van der Waals surface area (Å²) < 4.78 is 10.8. The van der Waals surface area contributed by atoms with Gasteiger partial charge in [0.25, 0.3) is 0 Å². The zero-order valence-electron chi connectivity index (χ0n) is 8.73. The van der Waals surface area contributed by atoms with Gasteiger partial charge in [-0.25, -0.2) is 0 Å². The standard InChI is InChI=1S/C12H14O3/c1-9-2-3-12(10(6-9)7-13)15-8-11-4-5-14-11/h2-3,6-7,11H,4-5,8H2,1H3/t11-/m1/s1. The quantitative estimate of drug-likeness (QED) is 0.706. The molecule has 1 atom stereocenters. The first-order chi connectivity index (χ1) is 7.29. The van der Waals surface area contributed by atoms with Crippen molar-refractivity contribution in [2.24, 2.45) is 0 Å². The van der Waals surface area contributed by atoms with Crippen LogP contribution in [-0.4, -0.2) is 25.6 Å². The van der Waals surface area contributed by atoms with Gasteiger partial charge < -0.3 is 9.47 Å². The average Bonchev–Trinajstić information content (AvgIpc) is 2.17. The van der Waals surface area contributed by atoms with E-state index in [0.717, 1.165) is 24.9 Å². The van der Waals surface area contributed by atoms with E-state index in [4.69, 9.17) is 9.47 Å². The van der Waals surface area contributed by atoms with Gasteiger partial charge in [0.05, 0.1) is 11.7 Å². The van der Waals surface area contributed by atoms with Crippen molar-refractivity contribution in [3.8, 4) is 5.75 Å². The minimum Gasteiger partial charge on any atom is -0.490 e. The van der Waals surface area contributed by atoms with Crippen molar-refractivity contribution in [2.45, 2.75) is 19.4 Å². The van der Waals surface area contributed by atoms with E-state index in [9.17, 15) is 4.79 Å². The van der Waals surface area contributed by atoms with Crippen molar-refractivity contribution >= 4 is 6.29 Å². The Morgan fingerprint density at radius 1 is 1.60 bits per heavy atom. The first-order valence-electron chi connectivity index (χ1n) is 5.10. The molecule has 1 saturated heterocycles. The maximum absolute atomic E-state index is 10.8. The number of hydrogen-bond donors (Lipinski definition) is 0. The van der Waals surface area contributed by atoms with Crippen LogP contribution >= 0.6 is 0 Å². The molecule has 1 aromatic carbocycles. The molecule has 80 valence electrons. The number of carbonyl (C=O) groups is 1. The summed E-state index contributed by atoms with van der Waals surface area (Å²) in [6.07, 6.45) is 2.07. The molecule has 1 aliphatic rings. The molecule has 1 aromatic rings. The maximum atomic E-state index is 10.8. The summed E-state index contributed by atoms with van der Waals surface area (Å²) in [4.78, 5) is 10.8. The van der Waals surface area contributed by atoms with Crippen LogP contribution in [0.2, 0.25) is 0 Å². The van der Waals surface area contributed by atoms with Crippen molar-refractivity contribution in [1.82, 2.24) is 0 Å². The summed E-state index contributed by atoms with van der Waals surface area (Å²) in [5.41, 5.74) is 1.67. The Hall–Kier alpha value is -1.35. The number of carbonyl (C=O) groups excluding carboxylic acids is 1. The second kappa shape index (κ2) is 4.45. The molecular formula is C12H14O3. The van der Waals surface area contributed by atoms with Crippen LogP contribution in [0.3, 0.4) is 0 Å². The van der Waals surface area contributed by atoms with E-state index in [1.54, 1.807) is 0 Å². The molecule has 3 heteroatoms. The van der Waals surface area contributed by atoms with Gasteiger partial charge in [0.15, 0.2) is 6.29 Å². The van der Waals surface area contributed by atoms with Gasteiger partial charge in [-0.1, -0.05) is 11.6 Å². The number of aldehydes is 1. The molecule has 1 heterocycles. The fourth-order valence-corrected chi connectivity index (χ4v) is 1.49. The number of hydrogen-bond acceptors (Lipinski definition) is 3. The number of aryl methyl sites for hydroxylation is 1. The van der Waals surface area contributed by atoms with Crippen LogP contribution in [0.4, 0.5) is 0 Å². The Morgan fingerprint density at radius 2 is 2.40 bits per heavy atom. The van der Waals surface area contributed by atoms with Crippen molar-refractivity contribution < 1.29 is 14.3 Å². The highest BCUT2D eigenvalue weighted by atomic mass is 16.5. The third kappa shape index (κ3) is 2.36. The molecule has 3 nitrogen and oxygen atoms in total. The molecule has 0 N–H and O–H groups in total. The largest absolute Gasteiger partial charge is 0.490 e. The van der Waals surface area contributed by atoms with E-state index >= 15 is 0 Å². The summed E-state index contributed by atoms with van der Waals surface area (Å²) in [5, 5.41) is 0. The molecule has 2 rings (SSSR count). The molecule has 0 amide bonds. The molecule has 0 saturated carbocycles. The summed E-state index contributed by atoms with van der Waals surface area (Å²) in [5.74, 6) is 0.645. The first-order valence-corrected chi connectivity index (χ1v) is 5.10. The van der Waals surface area contributed by atoms with Crippen molar-refractivity contribution in [2.75, 3.05) is 13.2 Å². The molecular weight excluding hydrogens is 192 g/mol. The van der Waals surface area contributed by atoms with E-state index in [1.807, 2.05) is 25.1 Å². The predicted octanol–water partition coefficient (Wildman–Crippen LogP) is 1.98. The van der Waals surface area contributed by atoms with Crippen LogP contribution in [0.25, 0.3) is 0 Å². The van der Waals surface area contributed by atoms with Crippen molar-refractivity contribution in [1.29, 1.82) is 0 Å². The van der Waals surface area contributed by atoms with Gasteiger partial charge in [0.1, 0.15) is 12.4 Å². The van der Waals surface area contributed by atoms with Gasteiger partial charge in [0.2, 0.25) is 0 Å². The Bertz CT molecular complexity index is 356. The van der Waals surface area contributed by atoms with Gasteiger partial charge in [0, 0.05) is 13.0 Å². The summed E-state index contributed by atoms with van der Waals surface area (Å²) in [6, 6.07) is 5.59. The number of rotatable bonds is 4. The van der Waals surface area contributed by atoms with E-state index < -0.39 is 0 Å². The third-order valence-corrected chi connectivity index (χ3v) is 2.51. The SMILES string of the molecule is Cc1ccc(OC[C@H]2CCO2)c(C=O)c1. The van der Waals surface area contributed by atoms with Crippen LogP contribution < -0.4 is 4.74 Å². The molecule has 0 aromatic heterocycles. The molecule has 1 fully saturated rings.